The predicted molar refractivity (Wildman–Crippen MR) is 194 cm³/mol. The number of rotatable bonds is 4. The molecule has 0 bridgehead atoms. The molecule has 0 fully saturated rings. The van der Waals surface area contributed by atoms with Crippen molar-refractivity contribution in [3.8, 4) is 11.1 Å². The first-order valence-corrected chi connectivity index (χ1v) is 16.0. The van der Waals surface area contributed by atoms with E-state index in [2.05, 4.69) is 72.0 Å². The van der Waals surface area contributed by atoms with Crippen LogP contribution >= 0.6 is 0 Å². The summed E-state index contributed by atoms with van der Waals surface area (Å²) in [6.45, 7) is 0. The van der Waals surface area contributed by atoms with Crippen LogP contribution < -0.4 is 5.32 Å². The lowest BCUT2D eigenvalue weighted by molar-refractivity contribution is 0.668. The second kappa shape index (κ2) is 10.5. The van der Waals surface area contributed by atoms with Gasteiger partial charge in [0.05, 0.1) is 5.39 Å². The second-order valence-electron chi connectivity index (χ2n) is 12.0. The molecule has 6 heteroatoms. The number of aliphatic imine (C=N–C) groups is 2. The Bertz CT molecular complexity index is 2770. The third kappa shape index (κ3) is 4.09. The van der Waals surface area contributed by atoms with Crippen LogP contribution in [-0.2, 0) is 0 Å². The van der Waals surface area contributed by atoms with Crippen LogP contribution in [0.25, 0.3) is 65.9 Å². The number of aromatic nitrogens is 1. The van der Waals surface area contributed by atoms with E-state index in [-0.39, 0.29) is 6.17 Å². The lowest BCUT2D eigenvalue weighted by Gasteiger charge is -2.25. The van der Waals surface area contributed by atoms with Gasteiger partial charge in [0.15, 0.2) is 11.4 Å². The summed E-state index contributed by atoms with van der Waals surface area (Å²) in [7, 11) is 0. The summed E-state index contributed by atoms with van der Waals surface area (Å²) in [5.41, 5.74) is 9.28. The van der Waals surface area contributed by atoms with Crippen molar-refractivity contribution in [1.29, 1.82) is 0 Å². The van der Waals surface area contributed by atoms with Gasteiger partial charge in [-0.2, -0.15) is 0 Å². The molecule has 9 aromatic rings. The Morgan fingerprint density at radius 2 is 1.12 bits per heavy atom. The maximum atomic E-state index is 6.24. The van der Waals surface area contributed by atoms with E-state index in [4.69, 9.17) is 23.8 Å². The van der Waals surface area contributed by atoms with Crippen molar-refractivity contribution in [2.45, 2.75) is 6.17 Å². The molecule has 10 rings (SSSR count). The molecule has 48 heavy (non-hydrogen) atoms. The molecule has 1 atom stereocenters. The van der Waals surface area contributed by atoms with E-state index in [1.807, 2.05) is 79.0 Å². The minimum Gasteiger partial charge on any atom is -0.456 e. The molecule has 226 valence electrons. The van der Waals surface area contributed by atoms with Crippen LogP contribution in [0.15, 0.2) is 165 Å². The summed E-state index contributed by atoms with van der Waals surface area (Å²) < 4.78 is 12.4. The van der Waals surface area contributed by atoms with Crippen molar-refractivity contribution < 1.29 is 8.83 Å². The zero-order valence-corrected chi connectivity index (χ0v) is 25.6. The molecule has 0 spiro atoms. The minimum atomic E-state index is -0.335. The zero-order chi connectivity index (χ0) is 31.6. The standard InChI is InChI=1S/C42H26N4O2/c1-2-11-25(12-3-1)40-44-41(46-42(45-40)32-17-9-19-34-37(32)31-15-6-7-18-33(31)47-34)30-23-22-28(26-13-4-5-14-27(26)30)29-16-8-20-35-38(29)39-36(48-35)21-10-24-43-39/h1-24,40H,(H,44,45,46). The molecule has 1 N–H and O–H groups in total. The molecular formula is C42H26N4O2. The third-order valence-corrected chi connectivity index (χ3v) is 9.22. The van der Waals surface area contributed by atoms with Crippen LogP contribution in [0.2, 0.25) is 0 Å². The number of nitrogens with zero attached hydrogens (tertiary/aromatic N) is 3. The summed E-state index contributed by atoms with van der Waals surface area (Å²) >= 11 is 0. The summed E-state index contributed by atoms with van der Waals surface area (Å²) in [4.78, 5) is 15.1. The number of fused-ring (bicyclic) bond motifs is 7. The molecule has 1 unspecified atom stereocenters. The first-order chi connectivity index (χ1) is 23.8. The molecule has 6 nitrogen and oxygen atoms in total. The van der Waals surface area contributed by atoms with Gasteiger partial charge in [0.25, 0.3) is 0 Å². The fourth-order valence-corrected chi connectivity index (χ4v) is 7.08. The Labute approximate surface area is 274 Å². The van der Waals surface area contributed by atoms with E-state index >= 15 is 0 Å². The molecule has 4 heterocycles. The van der Waals surface area contributed by atoms with Gasteiger partial charge in [0.1, 0.15) is 34.3 Å². The molecule has 0 radical (unpaired) electrons. The van der Waals surface area contributed by atoms with E-state index in [1.54, 1.807) is 0 Å². The lowest BCUT2D eigenvalue weighted by atomic mass is 9.92. The predicted octanol–water partition coefficient (Wildman–Crippen LogP) is 10.2. The van der Waals surface area contributed by atoms with Gasteiger partial charge in [-0.1, -0.05) is 109 Å². The Kier molecular flexibility index (Phi) is 5.84. The van der Waals surface area contributed by atoms with Gasteiger partial charge >= 0.3 is 0 Å². The van der Waals surface area contributed by atoms with Crippen LogP contribution in [0.3, 0.4) is 0 Å². The monoisotopic (exact) mass is 618 g/mol. The van der Waals surface area contributed by atoms with Crippen molar-refractivity contribution in [3.63, 3.8) is 0 Å². The van der Waals surface area contributed by atoms with E-state index in [1.165, 1.54) is 0 Å². The summed E-state index contributed by atoms with van der Waals surface area (Å²) in [6.07, 6.45) is 1.48. The van der Waals surface area contributed by atoms with Crippen LogP contribution in [0.1, 0.15) is 22.9 Å². The molecule has 0 aliphatic carbocycles. The van der Waals surface area contributed by atoms with Crippen molar-refractivity contribution in [3.05, 3.63) is 162 Å². The number of nitrogens with one attached hydrogen (secondary N) is 1. The molecule has 6 aromatic carbocycles. The van der Waals surface area contributed by atoms with Gasteiger partial charge in [-0.05, 0) is 57.8 Å². The van der Waals surface area contributed by atoms with Crippen LogP contribution in [0, 0.1) is 0 Å². The third-order valence-electron chi connectivity index (χ3n) is 9.22. The molecule has 1 aliphatic rings. The average Bonchev–Trinajstić information content (AvgIpc) is 3.73. The normalized spacial score (nSPS) is 14.9. The smallest absolute Gasteiger partial charge is 0.160 e. The van der Waals surface area contributed by atoms with Gasteiger partial charge in [-0.15, -0.1) is 0 Å². The highest BCUT2D eigenvalue weighted by Gasteiger charge is 2.25. The highest BCUT2D eigenvalue weighted by atomic mass is 16.3. The quantitative estimate of drug-likeness (QED) is 0.213. The summed E-state index contributed by atoms with van der Waals surface area (Å²) in [5.74, 6) is 1.42. The molecule has 0 amide bonds. The Balaban J connectivity index is 1.19. The van der Waals surface area contributed by atoms with Crippen LogP contribution in [0.4, 0.5) is 0 Å². The zero-order valence-electron chi connectivity index (χ0n) is 25.6. The topological polar surface area (TPSA) is 75.9 Å². The Morgan fingerprint density at radius 1 is 0.479 bits per heavy atom. The number of amidine groups is 2. The van der Waals surface area contributed by atoms with E-state index in [9.17, 15) is 0 Å². The fourth-order valence-electron chi connectivity index (χ4n) is 7.08. The van der Waals surface area contributed by atoms with Crippen molar-refractivity contribution >= 4 is 66.5 Å². The van der Waals surface area contributed by atoms with Gasteiger partial charge in [0.2, 0.25) is 0 Å². The fraction of sp³-hybridized carbons (Fsp3) is 0.0238. The van der Waals surface area contributed by atoms with E-state index < -0.39 is 0 Å². The Morgan fingerprint density at radius 3 is 1.98 bits per heavy atom. The van der Waals surface area contributed by atoms with Crippen LogP contribution in [0.5, 0.6) is 0 Å². The van der Waals surface area contributed by atoms with Crippen molar-refractivity contribution in [2.75, 3.05) is 0 Å². The highest BCUT2D eigenvalue weighted by molar-refractivity contribution is 6.24. The average molecular weight is 619 g/mol. The first-order valence-electron chi connectivity index (χ1n) is 16.0. The van der Waals surface area contributed by atoms with Crippen molar-refractivity contribution in [2.24, 2.45) is 9.98 Å². The Hall–Kier alpha value is -6.53. The first kappa shape index (κ1) is 26.7. The number of para-hydroxylation sites is 1. The molecule has 0 saturated heterocycles. The second-order valence-corrected chi connectivity index (χ2v) is 12.0. The lowest BCUT2D eigenvalue weighted by Crippen LogP contribution is -2.33. The van der Waals surface area contributed by atoms with Gasteiger partial charge in [0, 0.05) is 28.1 Å². The van der Waals surface area contributed by atoms with Gasteiger partial charge in [-0.3, -0.25) is 4.98 Å². The maximum absolute atomic E-state index is 6.24. The number of hydrogen-bond donors (Lipinski definition) is 1. The van der Waals surface area contributed by atoms with Crippen LogP contribution in [-0.4, -0.2) is 16.7 Å². The number of pyridine rings is 1. The number of benzene rings is 6. The molecule has 1 aliphatic heterocycles. The molecule has 3 aromatic heterocycles. The number of furan rings is 2. The molecular weight excluding hydrogens is 592 g/mol. The number of hydrogen-bond acceptors (Lipinski definition) is 6. The van der Waals surface area contributed by atoms with Gasteiger partial charge in [-0.25, -0.2) is 9.98 Å². The summed E-state index contributed by atoms with van der Waals surface area (Å²) in [6, 6.07) is 47.5. The maximum Gasteiger partial charge on any atom is 0.160 e. The summed E-state index contributed by atoms with van der Waals surface area (Å²) in [5, 5.41) is 8.94. The van der Waals surface area contributed by atoms with Crippen molar-refractivity contribution in [1.82, 2.24) is 10.3 Å². The largest absolute Gasteiger partial charge is 0.456 e. The minimum absolute atomic E-state index is 0.335. The van der Waals surface area contributed by atoms with E-state index in [0.29, 0.717) is 5.84 Å². The van der Waals surface area contributed by atoms with E-state index in [0.717, 1.165) is 88.4 Å². The highest BCUT2D eigenvalue weighted by Crippen LogP contribution is 2.40. The van der Waals surface area contributed by atoms with Gasteiger partial charge < -0.3 is 14.2 Å². The molecule has 0 saturated carbocycles. The SMILES string of the molecule is c1ccc(C2N=C(c3cccc4oc5ccccc5c34)N=C(c3ccc(-c4cccc5oc6cccnc6c45)c4ccccc34)N2)cc1.